The van der Waals surface area contributed by atoms with E-state index in [1.54, 1.807) is 7.11 Å². The van der Waals surface area contributed by atoms with Crippen LogP contribution in [0.4, 0.5) is 0 Å². The number of hydrogen-bond acceptors (Lipinski definition) is 5. The van der Waals surface area contributed by atoms with Crippen LogP contribution in [0, 0.1) is 0 Å². The lowest BCUT2D eigenvalue weighted by Crippen LogP contribution is -2.12. The number of hydrogen-bond donors (Lipinski definition) is 1. The Morgan fingerprint density at radius 1 is 1.05 bits per heavy atom. The van der Waals surface area contributed by atoms with Crippen LogP contribution in [0.1, 0.15) is 23.7 Å². The maximum absolute atomic E-state index is 9.74. The first-order valence-electron chi connectivity index (χ1n) is 7.39. The summed E-state index contributed by atoms with van der Waals surface area (Å²) >= 11 is 0. The Kier molecular flexibility index (Phi) is 6.95. The number of aryl methyl sites for hydroxylation is 1. The first-order chi connectivity index (χ1) is 10.3. The van der Waals surface area contributed by atoms with Crippen LogP contribution in [0.5, 0.6) is 5.75 Å². The van der Waals surface area contributed by atoms with Crippen LogP contribution in [0.25, 0.3) is 0 Å². The Hall–Kier alpha value is -1.14. The van der Waals surface area contributed by atoms with Gasteiger partial charge in [-0.25, -0.2) is 0 Å². The Bertz CT molecular complexity index is 421. The van der Waals surface area contributed by atoms with E-state index in [-0.39, 0.29) is 6.10 Å². The van der Waals surface area contributed by atoms with Crippen molar-refractivity contribution < 1.29 is 24.1 Å². The third kappa shape index (κ3) is 5.28. The van der Waals surface area contributed by atoms with Crippen LogP contribution in [-0.2, 0) is 20.6 Å². The largest absolute Gasteiger partial charge is 0.491 e. The standard InChI is InChI=1S/C16H24O5/c1-18-6-7-19-8-9-20-10-11-21-14-3-4-15-13(12-14)2-5-16(15)17/h3-4,12,16-17H,2,5-11H2,1H3. The maximum Gasteiger partial charge on any atom is 0.119 e. The molecule has 0 heterocycles. The second-order valence-electron chi connectivity index (χ2n) is 4.98. The molecule has 1 aliphatic rings. The van der Waals surface area contributed by atoms with Gasteiger partial charge in [0.2, 0.25) is 0 Å². The van der Waals surface area contributed by atoms with Crippen LogP contribution < -0.4 is 4.74 Å². The molecular weight excluding hydrogens is 272 g/mol. The summed E-state index contributed by atoms with van der Waals surface area (Å²) in [5.41, 5.74) is 2.22. The van der Waals surface area contributed by atoms with E-state index in [0.29, 0.717) is 39.6 Å². The molecule has 5 nitrogen and oxygen atoms in total. The van der Waals surface area contributed by atoms with Crippen LogP contribution in [0.2, 0.25) is 0 Å². The van der Waals surface area contributed by atoms with E-state index in [0.717, 1.165) is 24.2 Å². The SMILES string of the molecule is COCCOCCOCCOc1ccc2c(c1)CCC2O. The molecule has 0 amide bonds. The summed E-state index contributed by atoms with van der Waals surface area (Å²) in [7, 11) is 1.65. The van der Waals surface area contributed by atoms with E-state index >= 15 is 0 Å². The molecule has 5 heteroatoms. The number of methoxy groups -OCH3 is 1. The van der Waals surface area contributed by atoms with Gasteiger partial charge in [0.15, 0.2) is 0 Å². The number of aliphatic hydroxyl groups excluding tert-OH is 1. The van der Waals surface area contributed by atoms with Crippen molar-refractivity contribution in [2.24, 2.45) is 0 Å². The van der Waals surface area contributed by atoms with Gasteiger partial charge in [0.05, 0.1) is 39.1 Å². The molecule has 2 rings (SSSR count). The monoisotopic (exact) mass is 296 g/mol. The first-order valence-corrected chi connectivity index (χ1v) is 7.39. The quantitative estimate of drug-likeness (QED) is 0.666. The van der Waals surface area contributed by atoms with E-state index in [1.807, 2.05) is 18.2 Å². The second kappa shape index (κ2) is 9.00. The molecule has 0 bridgehead atoms. The second-order valence-corrected chi connectivity index (χ2v) is 4.98. The van der Waals surface area contributed by atoms with Crippen molar-refractivity contribution in [1.82, 2.24) is 0 Å². The lowest BCUT2D eigenvalue weighted by Gasteiger charge is -2.09. The molecule has 1 aromatic carbocycles. The van der Waals surface area contributed by atoms with Crippen LogP contribution in [-0.4, -0.2) is 51.9 Å². The van der Waals surface area contributed by atoms with Crippen molar-refractivity contribution in [2.45, 2.75) is 18.9 Å². The number of aliphatic hydroxyl groups is 1. The molecule has 0 radical (unpaired) electrons. The Labute approximate surface area is 125 Å². The Morgan fingerprint density at radius 3 is 2.52 bits per heavy atom. The molecule has 1 atom stereocenters. The van der Waals surface area contributed by atoms with Crippen molar-refractivity contribution in [2.75, 3.05) is 46.8 Å². The van der Waals surface area contributed by atoms with Gasteiger partial charge in [-0.3, -0.25) is 0 Å². The predicted octanol–water partition coefficient (Wildman–Crippen LogP) is 1.72. The highest BCUT2D eigenvalue weighted by atomic mass is 16.6. The number of fused-ring (bicyclic) bond motifs is 1. The fraction of sp³-hybridized carbons (Fsp3) is 0.625. The van der Waals surface area contributed by atoms with E-state index in [9.17, 15) is 5.11 Å². The lowest BCUT2D eigenvalue weighted by atomic mass is 10.1. The van der Waals surface area contributed by atoms with Crippen LogP contribution >= 0.6 is 0 Å². The maximum atomic E-state index is 9.74. The molecule has 0 fully saturated rings. The van der Waals surface area contributed by atoms with Crippen molar-refractivity contribution in [3.8, 4) is 5.75 Å². The average molecular weight is 296 g/mol. The van der Waals surface area contributed by atoms with Gasteiger partial charge in [-0.2, -0.15) is 0 Å². The molecule has 0 saturated heterocycles. The van der Waals surface area contributed by atoms with Crippen molar-refractivity contribution in [3.05, 3.63) is 29.3 Å². The van der Waals surface area contributed by atoms with Gasteiger partial charge >= 0.3 is 0 Å². The summed E-state index contributed by atoms with van der Waals surface area (Å²) in [6.45, 7) is 3.38. The van der Waals surface area contributed by atoms with Crippen molar-refractivity contribution in [3.63, 3.8) is 0 Å². The van der Waals surface area contributed by atoms with Gasteiger partial charge in [-0.15, -0.1) is 0 Å². The smallest absolute Gasteiger partial charge is 0.119 e. The molecule has 1 aliphatic carbocycles. The number of benzene rings is 1. The summed E-state index contributed by atoms with van der Waals surface area (Å²) in [5.74, 6) is 0.836. The Morgan fingerprint density at radius 2 is 1.76 bits per heavy atom. The minimum Gasteiger partial charge on any atom is -0.491 e. The highest BCUT2D eigenvalue weighted by Gasteiger charge is 2.20. The minimum absolute atomic E-state index is 0.310. The summed E-state index contributed by atoms with van der Waals surface area (Å²) in [4.78, 5) is 0. The molecule has 0 aliphatic heterocycles. The summed E-state index contributed by atoms with van der Waals surface area (Å²) in [6.07, 6.45) is 1.42. The van der Waals surface area contributed by atoms with Crippen LogP contribution in [0.3, 0.4) is 0 Å². The van der Waals surface area contributed by atoms with Crippen molar-refractivity contribution >= 4 is 0 Å². The van der Waals surface area contributed by atoms with E-state index in [4.69, 9.17) is 18.9 Å². The molecular formula is C16H24O5. The summed E-state index contributed by atoms with van der Waals surface area (Å²) in [6, 6.07) is 5.87. The van der Waals surface area contributed by atoms with Crippen molar-refractivity contribution in [1.29, 1.82) is 0 Å². The van der Waals surface area contributed by atoms with E-state index in [1.165, 1.54) is 5.56 Å². The normalized spacial score (nSPS) is 17.0. The summed E-state index contributed by atoms with van der Waals surface area (Å²) in [5, 5.41) is 9.74. The zero-order chi connectivity index (χ0) is 14.9. The first kappa shape index (κ1) is 16.2. The third-order valence-corrected chi connectivity index (χ3v) is 3.46. The third-order valence-electron chi connectivity index (χ3n) is 3.46. The predicted molar refractivity (Wildman–Crippen MR) is 78.7 cm³/mol. The van der Waals surface area contributed by atoms with Gasteiger partial charge in [0.25, 0.3) is 0 Å². The molecule has 0 spiro atoms. The highest BCUT2D eigenvalue weighted by Crippen LogP contribution is 2.33. The molecule has 1 N–H and O–H groups in total. The highest BCUT2D eigenvalue weighted by molar-refractivity contribution is 5.39. The van der Waals surface area contributed by atoms with Gasteiger partial charge in [0.1, 0.15) is 12.4 Å². The van der Waals surface area contributed by atoms with E-state index < -0.39 is 0 Å². The fourth-order valence-corrected chi connectivity index (χ4v) is 2.34. The zero-order valence-electron chi connectivity index (χ0n) is 12.5. The molecule has 21 heavy (non-hydrogen) atoms. The molecule has 1 unspecified atom stereocenters. The molecule has 0 aromatic heterocycles. The Balaban J connectivity index is 1.55. The molecule has 1 aromatic rings. The number of ether oxygens (including phenoxy) is 4. The van der Waals surface area contributed by atoms with E-state index in [2.05, 4.69) is 0 Å². The molecule has 0 saturated carbocycles. The minimum atomic E-state index is -0.310. The fourth-order valence-electron chi connectivity index (χ4n) is 2.34. The topological polar surface area (TPSA) is 57.2 Å². The van der Waals surface area contributed by atoms with Gasteiger partial charge in [-0.1, -0.05) is 6.07 Å². The zero-order valence-corrected chi connectivity index (χ0v) is 12.5. The van der Waals surface area contributed by atoms with Gasteiger partial charge < -0.3 is 24.1 Å². The van der Waals surface area contributed by atoms with Crippen LogP contribution in [0.15, 0.2) is 18.2 Å². The van der Waals surface area contributed by atoms with Gasteiger partial charge in [-0.05, 0) is 36.1 Å². The van der Waals surface area contributed by atoms with Gasteiger partial charge in [0, 0.05) is 7.11 Å². The average Bonchev–Trinajstić information content (AvgIpc) is 2.86. The summed E-state index contributed by atoms with van der Waals surface area (Å²) < 4.78 is 21.2. The lowest BCUT2D eigenvalue weighted by molar-refractivity contribution is 0.0179. The molecule has 118 valence electrons. The number of rotatable bonds is 10.